The van der Waals surface area contributed by atoms with Gasteiger partial charge in [0, 0.05) is 38.9 Å². The lowest BCUT2D eigenvalue weighted by Crippen LogP contribution is -2.33. The predicted octanol–water partition coefficient (Wildman–Crippen LogP) is 2.87. The van der Waals surface area contributed by atoms with E-state index in [-0.39, 0.29) is 6.10 Å². The fraction of sp³-hybridized carbons (Fsp3) is 0.579. The molecule has 0 saturated heterocycles. The smallest absolute Gasteiger partial charge is 0.165 e. The Morgan fingerprint density at radius 2 is 2.04 bits per heavy atom. The van der Waals surface area contributed by atoms with Gasteiger partial charge in [-0.25, -0.2) is 0 Å². The van der Waals surface area contributed by atoms with Crippen molar-refractivity contribution in [1.29, 1.82) is 0 Å². The second-order valence-corrected chi connectivity index (χ2v) is 5.75. The number of aliphatic hydroxyl groups excluding tert-OH is 1. The van der Waals surface area contributed by atoms with E-state index < -0.39 is 0 Å². The summed E-state index contributed by atoms with van der Waals surface area (Å²) in [4.78, 5) is 2.23. The van der Waals surface area contributed by atoms with E-state index >= 15 is 0 Å². The number of methoxy groups -OCH3 is 3. The molecule has 0 bridgehead atoms. The highest BCUT2D eigenvalue weighted by molar-refractivity contribution is 5.46. The van der Waals surface area contributed by atoms with E-state index in [1.54, 1.807) is 21.3 Å². The molecule has 1 atom stereocenters. The standard InChI is InChI=1S/C19H31NO4/c1-5-6-10-17(21)15-20(12-8-13-22-2)14-16-9-7-11-18(23-3)19(16)24-4/h5,7,9,11,17,21H,1,6,8,10,12-15H2,2-4H3. The maximum Gasteiger partial charge on any atom is 0.165 e. The Kier molecular flexibility index (Phi) is 10.2. The highest BCUT2D eigenvalue weighted by Gasteiger charge is 2.16. The molecule has 1 aromatic carbocycles. The van der Waals surface area contributed by atoms with Gasteiger partial charge in [-0.1, -0.05) is 18.2 Å². The first-order chi connectivity index (χ1) is 11.7. The van der Waals surface area contributed by atoms with Crippen LogP contribution in [0.3, 0.4) is 0 Å². The number of para-hydroxylation sites is 1. The van der Waals surface area contributed by atoms with Crippen molar-refractivity contribution in [1.82, 2.24) is 4.90 Å². The van der Waals surface area contributed by atoms with Crippen molar-refractivity contribution >= 4 is 0 Å². The van der Waals surface area contributed by atoms with Crippen LogP contribution in [0.25, 0.3) is 0 Å². The van der Waals surface area contributed by atoms with Gasteiger partial charge in [0.15, 0.2) is 11.5 Å². The van der Waals surface area contributed by atoms with Crippen LogP contribution in [-0.2, 0) is 11.3 Å². The van der Waals surface area contributed by atoms with E-state index in [2.05, 4.69) is 11.5 Å². The summed E-state index contributed by atoms with van der Waals surface area (Å²) in [6, 6.07) is 5.87. The number of nitrogens with zero attached hydrogens (tertiary/aromatic N) is 1. The van der Waals surface area contributed by atoms with Crippen LogP contribution in [0.5, 0.6) is 11.5 Å². The molecule has 5 nitrogen and oxygen atoms in total. The van der Waals surface area contributed by atoms with Crippen LogP contribution in [0, 0.1) is 0 Å². The van der Waals surface area contributed by atoms with Crippen molar-refractivity contribution in [3.63, 3.8) is 0 Å². The molecule has 0 aromatic heterocycles. The van der Waals surface area contributed by atoms with Crippen LogP contribution < -0.4 is 9.47 Å². The van der Waals surface area contributed by atoms with Crippen LogP contribution in [0.2, 0.25) is 0 Å². The Morgan fingerprint density at radius 3 is 2.67 bits per heavy atom. The molecule has 5 heteroatoms. The summed E-state index contributed by atoms with van der Waals surface area (Å²) in [6.45, 7) is 6.56. The molecule has 0 saturated carbocycles. The molecular weight excluding hydrogens is 306 g/mol. The monoisotopic (exact) mass is 337 g/mol. The Labute approximate surface area is 145 Å². The minimum absolute atomic E-state index is 0.373. The summed E-state index contributed by atoms with van der Waals surface area (Å²) in [6.07, 6.45) is 3.91. The molecule has 0 spiro atoms. The average molecular weight is 337 g/mol. The Balaban J connectivity index is 2.81. The summed E-state index contributed by atoms with van der Waals surface area (Å²) < 4.78 is 16.0. The molecular formula is C19H31NO4. The van der Waals surface area contributed by atoms with Gasteiger partial charge < -0.3 is 19.3 Å². The number of allylic oxidation sites excluding steroid dienone is 1. The fourth-order valence-electron chi connectivity index (χ4n) is 2.69. The van der Waals surface area contributed by atoms with Crippen LogP contribution in [0.1, 0.15) is 24.8 Å². The summed E-state index contributed by atoms with van der Waals surface area (Å²) >= 11 is 0. The third kappa shape index (κ3) is 6.91. The molecule has 0 aliphatic heterocycles. The SMILES string of the molecule is C=CCCC(O)CN(CCCOC)Cc1cccc(OC)c1OC. The molecule has 0 fully saturated rings. The number of hydrogen-bond acceptors (Lipinski definition) is 5. The van der Waals surface area contributed by atoms with Crippen molar-refractivity contribution in [2.75, 3.05) is 41.0 Å². The van der Waals surface area contributed by atoms with Crippen LogP contribution >= 0.6 is 0 Å². The first kappa shape index (κ1) is 20.5. The van der Waals surface area contributed by atoms with Crippen molar-refractivity contribution in [2.24, 2.45) is 0 Å². The lowest BCUT2D eigenvalue weighted by molar-refractivity contribution is 0.0936. The molecule has 0 amide bonds. The van der Waals surface area contributed by atoms with Gasteiger partial charge in [0.1, 0.15) is 0 Å². The topological polar surface area (TPSA) is 51.2 Å². The molecule has 1 rings (SSSR count). The fourth-order valence-corrected chi connectivity index (χ4v) is 2.69. The normalized spacial score (nSPS) is 12.2. The van der Waals surface area contributed by atoms with Gasteiger partial charge in [-0.3, -0.25) is 4.90 Å². The van der Waals surface area contributed by atoms with Gasteiger partial charge in [0.2, 0.25) is 0 Å². The Bertz CT molecular complexity index is 478. The largest absolute Gasteiger partial charge is 0.493 e. The van der Waals surface area contributed by atoms with Crippen LogP contribution in [0.4, 0.5) is 0 Å². The molecule has 0 heterocycles. The predicted molar refractivity (Wildman–Crippen MR) is 96.8 cm³/mol. The first-order valence-electron chi connectivity index (χ1n) is 8.36. The van der Waals surface area contributed by atoms with Crippen molar-refractivity contribution < 1.29 is 19.3 Å². The lowest BCUT2D eigenvalue weighted by atomic mass is 10.1. The van der Waals surface area contributed by atoms with Crippen LogP contribution in [-0.4, -0.2) is 57.1 Å². The highest BCUT2D eigenvalue weighted by atomic mass is 16.5. The second-order valence-electron chi connectivity index (χ2n) is 5.75. The van der Waals surface area contributed by atoms with Gasteiger partial charge in [-0.05, 0) is 25.3 Å². The molecule has 0 radical (unpaired) electrons. The number of benzene rings is 1. The van der Waals surface area contributed by atoms with Gasteiger partial charge in [-0.2, -0.15) is 0 Å². The summed E-state index contributed by atoms with van der Waals surface area (Å²) in [5.41, 5.74) is 1.05. The Morgan fingerprint density at radius 1 is 1.25 bits per heavy atom. The van der Waals surface area contributed by atoms with Crippen molar-refractivity contribution in [3.8, 4) is 11.5 Å². The Hall–Kier alpha value is -1.56. The van der Waals surface area contributed by atoms with Gasteiger partial charge >= 0.3 is 0 Å². The number of hydrogen-bond donors (Lipinski definition) is 1. The summed E-state index contributed by atoms with van der Waals surface area (Å²) in [7, 11) is 4.99. The minimum Gasteiger partial charge on any atom is -0.493 e. The zero-order valence-electron chi connectivity index (χ0n) is 15.2. The number of rotatable bonds is 13. The third-order valence-corrected chi connectivity index (χ3v) is 3.87. The number of ether oxygens (including phenoxy) is 3. The maximum absolute atomic E-state index is 10.2. The van der Waals surface area contributed by atoms with E-state index in [0.717, 1.165) is 42.9 Å². The van der Waals surface area contributed by atoms with Gasteiger partial charge in [0.25, 0.3) is 0 Å². The molecule has 1 unspecified atom stereocenters. The minimum atomic E-state index is -0.373. The van der Waals surface area contributed by atoms with Gasteiger partial charge in [0.05, 0.1) is 20.3 Å². The zero-order chi connectivity index (χ0) is 17.8. The molecule has 136 valence electrons. The molecule has 24 heavy (non-hydrogen) atoms. The highest BCUT2D eigenvalue weighted by Crippen LogP contribution is 2.31. The summed E-state index contributed by atoms with van der Waals surface area (Å²) in [5.74, 6) is 1.47. The summed E-state index contributed by atoms with van der Waals surface area (Å²) in [5, 5.41) is 10.2. The average Bonchev–Trinajstić information content (AvgIpc) is 2.59. The van der Waals surface area contributed by atoms with E-state index in [4.69, 9.17) is 14.2 Å². The molecule has 0 aliphatic rings. The molecule has 1 aromatic rings. The van der Waals surface area contributed by atoms with Gasteiger partial charge in [-0.15, -0.1) is 6.58 Å². The second kappa shape index (κ2) is 11.9. The quantitative estimate of drug-likeness (QED) is 0.443. The number of aliphatic hydroxyl groups is 1. The molecule has 0 aliphatic carbocycles. The molecule has 1 N–H and O–H groups in total. The third-order valence-electron chi connectivity index (χ3n) is 3.87. The van der Waals surface area contributed by atoms with E-state index in [0.29, 0.717) is 19.7 Å². The van der Waals surface area contributed by atoms with Crippen molar-refractivity contribution in [2.45, 2.75) is 31.9 Å². The first-order valence-corrected chi connectivity index (χ1v) is 8.36. The van der Waals surface area contributed by atoms with E-state index in [9.17, 15) is 5.11 Å². The lowest BCUT2D eigenvalue weighted by Gasteiger charge is -2.26. The van der Waals surface area contributed by atoms with E-state index in [1.165, 1.54) is 0 Å². The van der Waals surface area contributed by atoms with Crippen molar-refractivity contribution in [3.05, 3.63) is 36.4 Å². The zero-order valence-corrected chi connectivity index (χ0v) is 15.2. The van der Waals surface area contributed by atoms with E-state index in [1.807, 2.05) is 24.3 Å². The van der Waals surface area contributed by atoms with Crippen LogP contribution in [0.15, 0.2) is 30.9 Å². The maximum atomic E-state index is 10.2.